The van der Waals surface area contributed by atoms with Crippen molar-refractivity contribution >= 4 is 40.7 Å². The molecule has 6 heteroatoms. The Morgan fingerprint density at radius 3 is 2.75 bits per heavy atom. The van der Waals surface area contributed by atoms with Gasteiger partial charge in [0.15, 0.2) is 5.82 Å². The van der Waals surface area contributed by atoms with Gasteiger partial charge in [-0.2, -0.15) is 4.98 Å². The van der Waals surface area contributed by atoms with Crippen LogP contribution in [-0.2, 0) is 0 Å². The predicted octanol–water partition coefficient (Wildman–Crippen LogP) is 4.66. The van der Waals surface area contributed by atoms with Crippen molar-refractivity contribution in [2.45, 2.75) is 20.3 Å². The molecule has 1 aromatic carbocycles. The van der Waals surface area contributed by atoms with E-state index in [0.29, 0.717) is 21.8 Å². The lowest BCUT2D eigenvalue weighted by Gasteiger charge is -2.12. The first-order valence-electron chi connectivity index (χ1n) is 6.40. The number of aromatic nitrogens is 2. The molecular formula is C14H16Cl2N4. The molecule has 0 amide bonds. The smallest absolute Gasteiger partial charge is 0.224 e. The van der Waals surface area contributed by atoms with Gasteiger partial charge in [0.25, 0.3) is 0 Å². The maximum absolute atomic E-state index is 6.12. The largest absolute Gasteiger partial charge is 0.354 e. The molecule has 0 atom stereocenters. The average molecular weight is 311 g/mol. The Labute approximate surface area is 128 Å². The highest BCUT2D eigenvalue weighted by atomic mass is 35.5. The summed E-state index contributed by atoms with van der Waals surface area (Å²) >= 11 is 12.2. The van der Waals surface area contributed by atoms with E-state index < -0.39 is 0 Å². The molecule has 0 bridgehead atoms. The molecule has 0 aliphatic carbocycles. The summed E-state index contributed by atoms with van der Waals surface area (Å²) in [5.41, 5.74) is 1.83. The third-order valence-corrected chi connectivity index (χ3v) is 3.48. The summed E-state index contributed by atoms with van der Waals surface area (Å²) in [6.07, 6.45) is 2.58. The van der Waals surface area contributed by atoms with Crippen LogP contribution >= 0.6 is 23.2 Å². The van der Waals surface area contributed by atoms with Crippen LogP contribution in [0.15, 0.2) is 24.4 Å². The van der Waals surface area contributed by atoms with Crippen molar-refractivity contribution in [3.8, 4) is 0 Å². The van der Waals surface area contributed by atoms with Gasteiger partial charge in [-0.25, -0.2) is 4.98 Å². The van der Waals surface area contributed by atoms with E-state index in [1.54, 1.807) is 6.20 Å². The Morgan fingerprint density at radius 1 is 1.20 bits per heavy atom. The summed E-state index contributed by atoms with van der Waals surface area (Å²) in [5, 5.41) is 7.48. The van der Waals surface area contributed by atoms with Crippen LogP contribution in [-0.4, -0.2) is 16.5 Å². The molecule has 1 heterocycles. The van der Waals surface area contributed by atoms with Crippen molar-refractivity contribution in [2.24, 2.45) is 0 Å². The number of anilines is 3. The third kappa shape index (κ3) is 3.52. The van der Waals surface area contributed by atoms with Crippen LogP contribution in [0, 0.1) is 6.92 Å². The van der Waals surface area contributed by atoms with Crippen LogP contribution in [0.4, 0.5) is 17.5 Å². The molecule has 0 unspecified atom stereocenters. The fourth-order valence-electron chi connectivity index (χ4n) is 1.65. The third-order valence-electron chi connectivity index (χ3n) is 2.80. The number of hydrogen-bond donors (Lipinski definition) is 2. The van der Waals surface area contributed by atoms with Gasteiger partial charge in [-0.3, -0.25) is 0 Å². The summed E-state index contributed by atoms with van der Waals surface area (Å²) in [5.74, 6) is 1.11. The molecule has 4 nitrogen and oxygen atoms in total. The van der Waals surface area contributed by atoms with Crippen LogP contribution in [0.3, 0.4) is 0 Å². The first kappa shape index (κ1) is 14.9. The molecule has 0 radical (unpaired) electrons. The molecule has 0 aliphatic rings. The number of benzene rings is 1. The quantitative estimate of drug-likeness (QED) is 0.843. The van der Waals surface area contributed by atoms with Gasteiger partial charge in [-0.05, 0) is 31.0 Å². The van der Waals surface area contributed by atoms with Crippen LogP contribution in [0.5, 0.6) is 0 Å². The Balaban J connectivity index is 2.26. The monoisotopic (exact) mass is 310 g/mol. The molecule has 0 saturated heterocycles. The maximum atomic E-state index is 6.12. The highest BCUT2D eigenvalue weighted by Gasteiger charge is 2.08. The van der Waals surface area contributed by atoms with Gasteiger partial charge in [0.2, 0.25) is 5.95 Å². The topological polar surface area (TPSA) is 49.8 Å². The Bertz CT molecular complexity index is 602. The second kappa shape index (κ2) is 6.77. The molecule has 1 aromatic heterocycles. The van der Waals surface area contributed by atoms with E-state index in [2.05, 4.69) is 27.5 Å². The second-order valence-corrected chi connectivity index (χ2v) is 5.17. The molecule has 0 aliphatic heterocycles. The molecular weight excluding hydrogens is 295 g/mol. The highest BCUT2D eigenvalue weighted by molar-refractivity contribution is 6.33. The standard InChI is InChI=1S/C14H16Cl2N4/c1-3-7-17-14-18-8-11(16)13(20-14)19-12-6-4-5-10(15)9(12)2/h4-6,8H,3,7H2,1-2H3,(H2,17,18,19,20). The molecule has 0 fully saturated rings. The van der Waals surface area contributed by atoms with Crippen molar-refractivity contribution < 1.29 is 0 Å². The molecule has 2 aromatic rings. The van der Waals surface area contributed by atoms with E-state index in [4.69, 9.17) is 23.2 Å². The molecule has 2 rings (SSSR count). The lowest BCUT2D eigenvalue weighted by atomic mass is 10.2. The number of hydrogen-bond acceptors (Lipinski definition) is 4. The van der Waals surface area contributed by atoms with Gasteiger partial charge in [0.1, 0.15) is 5.02 Å². The number of nitrogens with one attached hydrogen (secondary N) is 2. The number of rotatable bonds is 5. The molecule has 0 spiro atoms. The van der Waals surface area contributed by atoms with Crippen LogP contribution in [0.25, 0.3) is 0 Å². The van der Waals surface area contributed by atoms with E-state index in [-0.39, 0.29) is 0 Å². The van der Waals surface area contributed by atoms with Crippen molar-refractivity contribution in [1.82, 2.24) is 9.97 Å². The number of nitrogens with zero attached hydrogens (tertiary/aromatic N) is 2. The minimum absolute atomic E-state index is 0.464. The van der Waals surface area contributed by atoms with Crippen molar-refractivity contribution in [1.29, 1.82) is 0 Å². The van der Waals surface area contributed by atoms with Crippen molar-refractivity contribution in [3.63, 3.8) is 0 Å². The van der Waals surface area contributed by atoms with Gasteiger partial charge >= 0.3 is 0 Å². The fraction of sp³-hybridized carbons (Fsp3) is 0.286. The summed E-state index contributed by atoms with van der Waals surface area (Å²) in [6.45, 7) is 4.84. The van der Waals surface area contributed by atoms with Gasteiger partial charge in [-0.15, -0.1) is 0 Å². The Kier molecular flexibility index (Phi) is 5.04. The van der Waals surface area contributed by atoms with E-state index >= 15 is 0 Å². The van der Waals surface area contributed by atoms with E-state index in [1.807, 2.05) is 25.1 Å². The van der Waals surface area contributed by atoms with E-state index in [0.717, 1.165) is 24.2 Å². The second-order valence-electron chi connectivity index (χ2n) is 4.35. The SMILES string of the molecule is CCCNc1ncc(Cl)c(Nc2cccc(Cl)c2C)n1. The Morgan fingerprint density at radius 2 is 2.00 bits per heavy atom. The highest BCUT2D eigenvalue weighted by Crippen LogP contribution is 2.28. The minimum Gasteiger partial charge on any atom is -0.354 e. The zero-order valence-corrected chi connectivity index (χ0v) is 12.9. The zero-order valence-electron chi connectivity index (χ0n) is 11.4. The first-order chi connectivity index (χ1) is 9.61. The Hall–Kier alpha value is -1.52. The normalized spacial score (nSPS) is 10.4. The average Bonchev–Trinajstić information content (AvgIpc) is 2.44. The fourth-order valence-corrected chi connectivity index (χ4v) is 1.96. The minimum atomic E-state index is 0.464. The molecule has 0 saturated carbocycles. The summed E-state index contributed by atoms with van der Waals surface area (Å²) in [4.78, 5) is 8.51. The van der Waals surface area contributed by atoms with Gasteiger partial charge < -0.3 is 10.6 Å². The van der Waals surface area contributed by atoms with Gasteiger partial charge in [-0.1, -0.05) is 36.2 Å². The first-order valence-corrected chi connectivity index (χ1v) is 7.16. The summed E-state index contributed by atoms with van der Waals surface area (Å²) in [7, 11) is 0. The van der Waals surface area contributed by atoms with E-state index in [1.165, 1.54) is 0 Å². The van der Waals surface area contributed by atoms with Crippen LogP contribution in [0.1, 0.15) is 18.9 Å². The van der Waals surface area contributed by atoms with Crippen molar-refractivity contribution in [2.75, 3.05) is 17.2 Å². The molecule has 106 valence electrons. The summed E-state index contributed by atoms with van der Waals surface area (Å²) in [6, 6.07) is 5.65. The lowest BCUT2D eigenvalue weighted by Crippen LogP contribution is -2.06. The van der Waals surface area contributed by atoms with E-state index in [9.17, 15) is 0 Å². The summed E-state index contributed by atoms with van der Waals surface area (Å²) < 4.78 is 0. The van der Waals surface area contributed by atoms with Crippen molar-refractivity contribution in [3.05, 3.63) is 40.0 Å². The molecule has 2 N–H and O–H groups in total. The van der Waals surface area contributed by atoms with Gasteiger partial charge in [0.05, 0.1) is 6.20 Å². The van der Waals surface area contributed by atoms with Crippen LogP contribution < -0.4 is 10.6 Å². The lowest BCUT2D eigenvalue weighted by molar-refractivity contribution is 0.953. The maximum Gasteiger partial charge on any atom is 0.224 e. The zero-order chi connectivity index (χ0) is 14.5. The molecule has 20 heavy (non-hydrogen) atoms. The number of halogens is 2. The van der Waals surface area contributed by atoms with Gasteiger partial charge in [0, 0.05) is 17.3 Å². The predicted molar refractivity (Wildman–Crippen MR) is 85.3 cm³/mol. The van der Waals surface area contributed by atoms with Crippen LogP contribution in [0.2, 0.25) is 10.0 Å².